The van der Waals surface area contributed by atoms with Crippen LogP contribution in [0.5, 0.6) is 0 Å². The zero-order chi connectivity index (χ0) is 19.0. The van der Waals surface area contributed by atoms with Gasteiger partial charge in [0.15, 0.2) is 5.82 Å². The van der Waals surface area contributed by atoms with Gasteiger partial charge in [0, 0.05) is 17.8 Å². The van der Waals surface area contributed by atoms with Crippen molar-refractivity contribution in [3.63, 3.8) is 0 Å². The molecule has 3 aromatic rings. The second-order valence-corrected chi connectivity index (χ2v) is 7.98. The number of aryl methyl sites for hydroxylation is 1. The molecule has 4 rings (SSSR count). The van der Waals surface area contributed by atoms with Crippen LogP contribution >= 0.6 is 11.8 Å². The number of nitrogen functional groups attached to an aromatic ring is 1. The zero-order valence-electron chi connectivity index (χ0n) is 15.3. The lowest BCUT2D eigenvalue weighted by Crippen LogP contribution is -2.35. The molecule has 0 fully saturated rings. The first-order valence-corrected chi connectivity index (χ1v) is 9.76. The van der Waals surface area contributed by atoms with Crippen LogP contribution in [-0.2, 0) is 11.2 Å². The normalized spacial score (nSPS) is 14.2. The maximum Gasteiger partial charge on any atom is 0.240 e. The molecule has 1 aliphatic heterocycles. The lowest BCUT2D eigenvalue weighted by molar-refractivity contribution is -0.117. The highest BCUT2D eigenvalue weighted by atomic mass is 32.2. The van der Waals surface area contributed by atoms with Crippen molar-refractivity contribution < 1.29 is 4.79 Å². The van der Waals surface area contributed by atoms with Gasteiger partial charge in [-0.3, -0.25) is 4.79 Å². The van der Waals surface area contributed by atoms with Gasteiger partial charge in [-0.15, -0.1) is 10.2 Å². The topological polar surface area (TPSA) is 77.0 Å². The number of fused-ring (bicyclic) bond motifs is 1. The Morgan fingerprint density at radius 1 is 1.15 bits per heavy atom. The fraction of sp³-hybridized carbons (Fsp3) is 0.250. The minimum Gasteiger partial charge on any atom is -0.335 e. The summed E-state index contributed by atoms with van der Waals surface area (Å²) < 4.78 is 1.46. The largest absolute Gasteiger partial charge is 0.335 e. The molecule has 0 unspecified atom stereocenters. The zero-order valence-corrected chi connectivity index (χ0v) is 16.1. The summed E-state index contributed by atoms with van der Waals surface area (Å²) in [4.78, 5) is 14.8. The second kappa shape index (κ2) is 7.08. The Morgan fingerprint density at radius 3 is 2.67 bits per heavy atom. The molecule has 6 nitrogen and oxygen atoms in total. The molecule has 138 valence electrons. The minimum atomic E-state index is -0.312. The minimum absolute atomic E-state index is 0.0600. The molecule has 0 spiro atoms. The van der Waals surface area contributed by atoms with E-state index in [9.17, 15) is 4.79 Å². The van der Waals surface area contributed by atoms with Crippen LogP contribution in [0.1, 0.15) is 18.1 Å². The van der Waals surface area contributed by atoms with E-state index in [4.69, 9.17) is 5.84 Å². The van der Waals surface area contributed by atoms with Crippen molar-refractivity contribution in [3.05, 3.63) is 59.7 Å². The maximum absolute atomic E-state index is 12.9. The molecule has 1 aliphatic rings. The Balaban J connectivity index is 1.51. The molecule has 0 bridgehead atoms. The number of para-hydroxylation sites is 1. The highest BCUT2D eigenvalue weighted by molar-refractivity contribution is 8.00. The van der Waals surface area contributed by atoms with Crippen LogP contribution in [0.25, 0.3) is 11.4 Å². The van der Waals surface area contributed by atoms with Gasteiger partial charge < -0.3 is 10.7 Å². The average Bonchev–Trinajstić information content (AvgIpc) is 3.26. The van der Waals surface area contributed by atoms with Crippen molar-refractivity contribution in [1.29, 1.82) is 0 Å². The Bertz CT molecular complexity index is 982. The highest BCUT2D eigenvalue weighted by Gasteiger charge is 2.29. The maximum atomic E-state index is 12.9. The first-order valence-electron chi connectivity index (χ1n) is 8.88. The molecule has 7 heteroatoms. The van der Waals surface area contributed by atoms with Gasteiger partial charge in [0.1, 0.15) is 0 Å². The summed E-state index contributed by atoms with van der Waals surface area (Å²) in [6, 6.07) is 16.0. The third kappa shape index (κ3) is 3.30. The first-order chi connectivity index (χ1) is 13.0. The van der Waals surface area contributed by atoms with Crippen molar-refractivity contribution in [2.75, 3.05) is 17.3 Å². The smallest absolute Gasteiger partial charge is 0.240 e. The van der Waals surface area contributed by atoms with E-state index in [0.717, 1.165) is 17.7 Å². The number of hydrogen-bond acceptors (Lipinski definition) is 5. The molecular formula is C20H21N5OS. The molecule has 1 aromatic heterocycles. The van der Waals surface area contributed by atoms with Gasteiger partial charge in [0.2, 0.25) is 11.1 Å². The van der Waals surface area contributed by atoms with Crippen molar-refractivity contribution in [3.8, 4) is 11.4 Å². The van der Waals surface area contributed by atoms with E-state index in [-0.39, 0.29) is 11.2 Å². The number of carbonyl (C=O) groups is 1. The highest BCUT2D eigenvalue weighted by Crippen LogP contribution is 2.31. The summed E-state index contributed by atoms with van der Waals surface area (Å²) in [5.41, 5.74) is 4.28. The van der Waals surface area contributed by atoms with Gasteiger partial charge in [-0.1, -0.05) is 59.8 Å². The average molecular weight is 379 g/mol. The van der Waals surface area contributed by atoms with Gasteiger partial charge >= 0.3 is 0 Å². The van der Waals surface area contributed by atoms with Crippen LogP contribution in [0.15, 0.2) is 53.7 Å². The van der Waals surface area contributed by atoms with Gasteiger partial charge in [0.05, 0.1) is 5.25 Å². The summed E-state index contributed by atoms with van der Waals surface area (Å²) in [7, 11) is 0. The molecule has 1 amide bonds. The standard InChI is InChI=1S/C20H21N5OS/c1-13-7-9-16(10-8-13)18-22-23-20(25(18)21)27-14(2)19(26)24-12-11-15-5-3-4-6-17(15)24/h3-10,14H,11-12,21H2,1-2H3/t14-/m1/s1. The van der Waals surface area contributed by atoms with E-state index >= 15 is 0 Å². The summed E-state index contributed by atoms with van der Waals surface area (Å²) >= 11 is 1.33. The van der Waals surface area contributed by atoms with Crippen LogP contribution in [0.3, 0.4) is 0 Å². The number of thioether (sulfide) groups is 1. The molecule has 0 radical (unpaired) electrons. The quantitative estimate of drug-likeness (QED) is 0.557. The molecule has 0 saturated heterocycles. The molecule has 2 aromatic carbocycles. The third-order valence-corrected chi connectivity index (χ3v) is 5.80. The molecule has 2 N–H and O–H groups in total. The van der Waals surface area contributed by atoms with E-state index in [1.165, 1.54) is 27.6 Å². The van der Waals surface area contributed by atoms with Crippen molar-refractivity contribution >= 4 is 23.4 Å². The van der Waals surface area contributed by atoms with Crippen LogP contribution in [-0.4, -0.2) is 32.6 Å². The van der Waals surface area contributed by atoms with E-state index in [0.29, 0.717) is 17.5 Å². The number of anilines is 1. The second-order valence-electron chi connectivity index (χ2n) is 6.67. The van der Waals surface area contributed by atoms with E-state index in [1.54, 1.807) is 0 Å². The number of hydrogen-bond donors (Lipinski definition) is 1. The van der Waals surface area contributed by atoms with Crippen LogP contribution in [0.2, 0.25) is 0 Å². The molecule has 0 saturated carbocycles. The van der Waals surface area contributed by atoms with Crippen molar-refractivity contribution in [2.24, 2.45) is 0 Å². The number of nitrogens with zero attached hydrogens (tertiary/aromatic N) is 4. The first kappa shape index (κ1) is 17.6. The Kier molecular flexibility index (Phi) is 4.61. The predicted molar refractivity (Wildman–Crippen MR) is 108 cm³/mol. The summed E-state index contributed by atoms with van der Waals surface area (Å²) in [5.74, 6) is 6.84. The summed E-state index contributed by atoms with van der Waals surface area (Å²) in [6.07, 6.45) is 0.893. The fourth-order valence-electron chi connectivity index (χ4n) is 3.25. The number of benzene rings is 2. The SMILES string of the molecule is Cc1ccc(-c2nnc(S[C@H](C)C(=O)N3CCc4ccccc43)n2N)cc1. The Morgan fingerprint density at radius 2 is 1.89 bits per heavy atom. The molecular weight excluding hydrogens is 358 g/mol. The molecule has 27 heavy (non-hydrogen) atoms. The number of amides is 1. The van der Waals surface area contributed by atoms with Gasteiger partial charge in [-0.2, -0.15) is 0 Å². The fourth-order valence-corrected chi connectivity index (χ4v) is 4.08. The predicted octanol–water partition coefficient (Wildman–Crippen LogP) is 3.04. The Hall–Kier alpha value is -2.80. The molecule has 0 aliphatic carbocycles. The van der Waals surface area contributed by atoms with Gasteiger partial charge in [0.25, 0.3) is 0 Å². The summed E-state index contributed by atoms with van der Waals surface area (Å²) in [6.45, 7) is 4.63. The van der Waals surface area contributed by atoms with Crippen LogP contribution in [0.4, 0.5) is 5.69 Å². The van der Waals surface area contributed by atoms with Crippen molar-refractivity contribution in [2.45, 2.75) is 30.7 Å². The van der Waals surface area contributed by atoms with Crippen LogP contribution < -0.4 is 10.7 Å². The van der Waals surface area contributed by atoms with Gasteiger partial charge in [-0.05, 0) is 31.9 Å². The number of aromatic nitrogens is 3. The monoisotopic (exact) mass is 379 g/mol. The lowest BCUT2D eigenvalue weighted by Gasteiger charge is -2.21. The Labute approximate surface area is 162 Å². The van der Waals surface area contributed by atoms with E-state index < -0.39 is 0 Å². The summed E-state index contributed by atoms with van der Waals surface area (Å²) in [5, 5.41) is 8.61. The van der Waals surface area contributed by atoms with E-state index in [1.807, 2.05) is 61.2 Å². The molecule has 2 heterocycles. The third-order valence-electron chi connectivity index (χ3n) is 4.76. The number of nitrogens with two attached hydrogens (primary N) is 1. The molecule has 1 atom stereocenters. The lowest BCUT2D eigenvalue weighted by atomic mass is 10.1. The van der Waals surface area contributed by atoms with E-state index in [2.05, 4.69) is 16.3 Å². The number of carbonyl (C=O) groups excluding carboxylic acids is 1. The van der Waals surface area contributed by atoms with Crippen molar-refractivity contribution in [1.82, 2.24) is 14.9 Å². The van der Waals surface area contributed by atoms with Crippen LogP contribution in [0, 0.1) is 6.92 Å². The van der Waals surface area contributed by atoms with Gasteiger partial charge in [-0.25, -0.2) is 4.68 Å². The number of rotatable bonds is 4.